The largest absolute Gasteiger partial charge is 0.495 e. The van der Waals surface area contributed by atoms with Gasteiger partial charge in [-0.3, -0.25) is 14.8 Å². The van der Waals surface area contributed by atoms with Gasteiger partial charge in [-0.25, -0.2) is 0 Å². The van der Waals surface area contributed by atoms with Crippen LogP contribution >= 0.6 is 0 Å². The van der Waals surface area contributed by atoms with Gasteiger partial charge < -0.3 is 14.0 Å². The van der Waals surface area contributed by atoms with Gasteiger partial charge >= 0.3 is 5.97 Å². The van der Waals surface area contributed by atoms with E-state index >= 15 is 0 Å². The fourth-order valence-corrected chi connectivity index (χ4v) is 3.95. The molecule has 0 aliphatic carbocycles. The van der Waals surface area contributed by atoms with E-state index in [9.17, 15) is 4.79 Å². The Bertz CT molecular complexity index is 1300. The number of carbonyl (C=O) groups is 1. The highest BCUT2D eigenvalue weighted by molar-refractivity contribution is 5.72. The second-order valence-corrected chi connectivity index (χ2v) is 8.84. The van der Waals surface area contributed by atoms with Crippen molar-refractivity contribution in [1.29, 1.82) is 0 Å². The molecule has 0 aliphatic rings. The second-order valence-electron chi connectivity index (χ2n) is 8.84. The zero-order chi connectivity index (χ0) is 25.0. The van der Waals surface area contributed by atoms with Crippen LogP contribution in [0, 0.1) is 5.92 Å². The molecule has 1 unspecified atom stereocenters. The van der Waals surface area contributed by atoms with E-state index in [4.69, 9.17) is 19.0 Å². The maximum Gasteiger partial charge on any atom is 0.312 e. The summed E-state index contributed by atoms with van der Waals surface area (Å²) in [5, 5.41) is 3.81. The molecule has 180 valence electrons. The van der Waals surface area contributed by atoms with Crippen molar-refractivity contribution in [2.45, 2.75) is 39.5 Å². The van der Waals surface area contributed by atoms with Crippen molar-refractivity contribution in [3.8, 4) is 34.1 Å². The van der Waals surface area contributed by atoms with Crippen LogP contribution in [0.3, 0.4) is 0 Å². The molecule has 1 atom stereocenters. The van der Waals surface area contributed by atoms with Crippen LogP contribution in [0.15, 0.2) is 71.6 Å². The normalized spacial score (nSPS) is 12.9. The number of pyridine rings is 2. The van der Waals surface area contributed by atoms with Crippen molar-refractivity contribution in [2.75, 3.05) is 7.11 Å². The number of aromatic nitrogens is 3. The van der Waals surface area contributed by atoms with Gasteiger partial charge in [-0.05, 0) is 47.3 Å². The van der Waals surface area contributed by atoms with Crippen LogP contribution in [0.4, 0.5) is 0 Å². The van der Waals surface area contributed by atoms with Gasteiger partial charge in [0.15, 0.2) is 5.76 Å². The Kier molecular flexibility index (Phi) is 6.96. The van der Waals surface area contributed by atoms with Crippen molar-refractivity contribution in [3.63, 3.8) is 0 Å². The van der Waals surface area contributed by atoms with Gasteiger partial charge in [-0.1, -0.05) is 45.0 Å². The monoisotopic (exact) mass is 471 g/mol. The van der Waals surface area contributed by atoms with Crippen molar-refractivity contribution >= 4 is 5.97 Å². The summed E-state index contributed by atoms with van der Waals surface area (Å²) in [4.78, 5) is 20.5. The maximum atomic E-state index is 11.5. The summed E-state index contributed by atoms with van der Waals surface area (Å²) in [6.07, 6.45) is 5.56. The summed E-state index contributed by atoms with van der Waals surface area (Å²) in [5.41, 5.74) is 4.63. The standard InChI is InChI=1S/C28H29N3O4/c1-6-27(32)34-26-14-24(35-31-26)20-9-12-25(30-16-20)28(4,18(2)3)22-10-7-19(8-11-22)21-13-23(33-5)17-29-15-21/h7-18H,6H2,1-5H3. The van der Waals surface area contributed by atoms with E-state index in [1.54, 1.807) is 32.5 Å². The number of methoxy groups -OCH3 is 1. The smallest absolute Gasteiger partial charge is 0.312 e. The Morgan fingerprint density at radius 3 is 2.37 bits per heavy atom. The number of nitrogens with zero attached hydrogens (tertiary/aromatic N) is 3. The Hall–Kier alpha value is -4.00. The Balaban J connectivity index is 1.60. The average Bonchev–Trinajstić information content (AvgIpc) is 3.36. The Labute approximate surface area is 205 Å². The van der Waals surface area contributed by atoms with Crippen LogP contribution in [0.2, 0.25) is 0 Å². The zero-order valence-corrected chi connectivity index (χ0v) is 20.6. The SMILES string of the molecule is CCC(=O)Oc1cc(-c2ccc(C(C)(c3ccc(-c4cncc(OC)c4)cc3)C(C)C)nc2)on1. The lowest BCUT2D eigenvalue weighted by molar-refractivity contribution is -0.134. The summed E-state index contributed by atoms with van der Waals surface area (Å²) in [6, 6.07) is 16.0. The number of hydrogen-bond donors (Lipinski definition) is 0. The molecule has 0 N–H and O–H groups in total. The number of benzene rings is 1. The van der Waals surface area contributed by atoms with Crippen LogP contribution in [-0.2, 0) is 10.2 Å². The van der Waals surface area contributed by atoms with Crippen LogP contribution in [0.25, 0.3) is 22.5 Å². The molecule has 0 amide bonds. The first-order chi connectivity index (χ1) is 16.8. The van der Waals surface area contributed by atoms with E-state index < -0.39 is 0 Å². The summed E-state index contributed by atoms with van der Waals surface area (Å²) < 4.78 is 15.8. The average molecular weight is 472 g/mol. The molecule has 7 nitrogen and oxygen atoms in total. The first-order valence-electron chi connectivity index (χ1n) is 11.6. The summed E-state index contributed by atoms with van der Waals surface area (Å²) in [6.45, 7) is 8.32. The molecule has 0 aliphatic heterocycles. The third kappa shape index (κ3) is 4.94. The predicted molar refractivity (Wildman–Crippen MR) is 133 cm³/mol. The zero-order valence-electron chi connectivity index (χ0n) is 20.6. The van der Waals surface area contributed by atoms with Crippen LogP contribution < -0.4 is 9.47 Å². The van der Waals surface area contributed by atoms with Gasteiger partial charge in [0.2, 0.25) is 0 Å². The number of esters is 1. The van der Waals surface area contributed by atoms with Gasteiger partial charge in [0, 0.05) is 35.4 Å². The second kappa shape index (κ2) is 10.1. The van der Waals surface area contributed by atoms with Crippen LogP contribution in [0.1, 0.15) is 45.4 Å². The third-order valence-electron chi connectivity index (χ3n) is 6.50. The van der Waals surface area contributed by atoms with E-state index in [1.165, 1.54) is 5.56 Å². The van der Waals surface area contributed by atoms with Crippen molar-refractivity contribution in [3.05, 3.63) is 78.4 Å². The number of ether oxygens (including phenoxy) is 2. The van der Waals surface area contributed by atoms with Crippen LogP contribution in [-0.4, -0.2) is 28.2 Å². The molecular formula is C28H29N3O4. The van der Waals surface area contributed by atoms with E-state index in [-0.39, 0.29) is 29.6 Å². The molecule has 7 heteroatoms. The number of rotatable bonds is 8. The number of carbonyl (C=O) groups excluding carboxylic acids is 1. The van der Waals surface area contributed by atoms with Crippen LogP contribution in [0.5, 0.6) is 11.6 Å². The molecule has 0 saturated carbocycles. The highest BCUT2D eigenvalue weighted by atomic mass is 16.6. The summed E-state index contributed by atoms with van der Waals surface area (Å²) >= 11 is 0. The number of hydrogen-bond acceptors (Lipinski definition) is 7. The fraction of sp³-hybridized carbons (Fsp3) is 0.286. The van der Waals surface area contributed by atoms with Crippen molar-refractivity contribution in [1.82, 2.24) is 15.1 Å². The molecule has 0 saturated heterocycles. The van der Waals surface area contributed by atoms with E-state index in [0.29, 0.717) is 5.76 Å². The Morgan fingerprint density at radius 1 is 1.00 bits per heavy atom. The molecule has 3 heterocycles. The van der Waals surface area contributed by atoms with Crippen molar-refractivity contribution in [2.24, 2.45) is 5.92 Å². The fourth-order valence-electron chi connectivity index (χ4n) is 3.95. The first-order valence-corrected chi connectivity index (χ1v) is 11.6. The molecule has 0 radical (unpaired) electrons. The van der Waals surface area contributed by atoms with Crippen molar-refractivity contribution < 1.29 is 18.8 Å². The quantitative estimate of drug-likeness (QED) is 0.288. The molecule has 0 bridgehead atoms. The highest BCUT2D eigenvalue weighted by Gasteiger charge is 2.34. The lowest BCUT2D eigenvalue weighted by atomic mass is 9.70. The molecule has 35 heavy (non-hydrogen) atoms. The lowest BCUT2D eigenvalue weighted by Crippen LogP contribution is -2.31. The molecular weight excluding hydrogens is 442 g/mol. The van der Waals surface area contributed by atoms with Gasteiger partial charge in [0.25, 0.3) is 5.88 Å². The minimum Gasteiger partial charge on any atom is -0.495 e. The minimum atomic E-state index is -0.361. The van der Waals surface area contributed by atoms with Gasteiger partial charge in [-0.15, -0.1) is 0 Å². The molecule has 1 aromatic carbocycles. The lowest BCUT2D eigenvalue weighted by Gasteiger charge is -2.34. The van der Waals surface area contributed by atoms with Gasteiger partial charge in [-0.2, -0.15) is 0 Å². The molecule has 4 aromatic rings. The molecule has 4 rings (SSSR count). The van der Waals surface area contributed by atoms with E-state index in [1.807, 2.05) is 24.4 Å². The van der Waals surface area contributed by atoms with E-state index in [2.05, 4.69) is 55.2 Å². The van der Waals surface area contributed by atoms with E-state index in [0.717, 1.165) is 28.1 Å². The third-order valence-corrected chi connectivity index (χ3v) is 6.50. The summed E-state index contributed by atoms with van der Waals surface area (Å²) in [7, 11) is 1.64. The first kappa shape index (κ1) is 24.1. The minimum absolute atomic E-state index is 0.147. The molecule has 0 fully saturated rings. The predicted octanol–water partition coefficient (Wildman–Crippen LogP) is 6.08. The highest BCUT2D eigenvalue weighted by Crippen LogP contribution is 2.39. The topological polar surface area (TPSA) is 87.3 Å². The maximum absolute atomic E-state index is 11.5. The van der Waals surface area contributed by atoms with Gasteiger partial charge in [0.1, 0.15) is 5.75 Å². The van der Waals surface area contributed by atoms with Gasteiger partial charge in [0.05, 0.1) is 25.1 Å². The molecule has 3 aromatic heterocycles. The Morgan fingerprint density at radius 2 is 1.74 bits per heavy atom. The summed E-state index contributed by atoms with van der Waals surface area (Å²) in [5.74, 6) is 1.29. The molecule has 0 spiro atoms.